The minimum atomic E-state index is -4.10. The van der Waals surface area contributed by atoms with E-state index in [4.69, 9.17) is 16.7 Å². The highest BCUT2D eigenvalue weighted by Gasteiger charge is 2.28. The average Bonchev–Trinajstić information content (AvgIpc) is 3.12. The molecule has 8 heteroatoms. The van der Waals surface area contributed by atoms with E-state index in [0.717, 1.165) is 25.0 Å². The Morgan fingerprint density at radius 3 is 2.63 bits per heavy atom. The van der Waals surface area contributed by atoms with Gasteiger partial charge in [0.2, 0.25) is 10.0 Å². The van der Waals surface area contributed by atoms with Crippen LogP contribution in [-0.4, -0.2) is 26.0 Å². The van der Waals surface area contributed by atoms with E-state index in [1.807, 2.05) is 0 Å². The molecular weight excluding hydrogens is 297 g/mol. The van der Waals surface area contributed by atoms with Crippen LogP contribution in [0.3, 0.4) is 0 Å². The van der Waals surface area contributed by atoms with Gasteiger partial charge in [-0.2, -0.15) is 0 Å². The zero-order valence-corrected chi connectivity index (χ0v) is 11.3. The topological polar surface area (TPSA) is 83.5 Å². The van der Waals surface area contributed by atoms with Crippen molar-refractivity contribution in [2.45, 2.75) is 17.7 Å². The molecule has 0 spiro atoms. The van der Waals surface area contributed by atoms with E-state index in [1.165, 1.54) is 0 Å². The van der Waals surface area contributed by atoms with Gasteiger partial charge in [-0.25, -0.2) is 22.3 Å². The second kappa shape index (κ2) is 5.07. The average molecular weight is 308 g/mol. The van der Waals surface area contributed by atoms with Gasteiger partial charge in [0.15, 0.2) is 5.82 Å². The zero-order valence-electron chi connectivity index (χ0n) is 9.69. The van der Waals surface area contributed by atoms with Gasteiger partial charge in [0.1, 0.15) is 4.90 Å². The molecule has 0 aliphatic heterocycles. The van der Waals surface area contributed by atoms with Crippen molar-refractivity contribution in [2.75, 3.05) is 6.54 Å². The first kappa shape index (κ1) is 14.2. The lowest BCUT2D eigenvalue weighted by Gasteiger charge is -2.09. The second-order valence-electron chi connectivity index (χ2n) is 4.37. The van der Waals surface area contributed by atoms with Crippen LogP contribution in [0.4, 0.5) is 4.39 Å². The predicted octanol–water partition coefficient (Wildman–Crippen LogP) is 1.87. The quantitative estimate of drug-likeness (QED) is 0.870. The Morgan fingerprint density at radius 1 is 1.47 bits per heavy atom. The first-order valence-corrected chi connectivity index (χ1v) is 7.39. The summed E-state index contributed by atoms with van der Waals surface area (Å²) in [6.07, 6.45) is 1.86. The van der Waals surface area contributed by atoms with Crippen LogP contribution in [0.2, 0.25) is 5.02 Å². The number of carboxylic acids is 1. The molecule has 19 heavy (non-hydrogen) atoms. The lowest BCUT2D eigenvalue weighted by molar-refractivity contribution is 0.0691. The fourth-order valence-corrected chi connectivity index (χ4v) is 3.06. The van der Waals surface area contributed by atoms with Crippen LogP contribution in [-0.2, 0) is 10.0 Å². The zero-order chi connectivity index (χ0) is 14.2. The summed E-state index contributed by atoms with van der Waals surface area (Å²) in [6, 6.07) is 1.78. The molecule has 1 aliphatic carbocycles. The van der Waals surface area contributed by atoms with E-state index < -0.39 is 32.3 Å². The van der Waals surface area contributed by atoms with Gasteiger partial charge < -0.3 is 5.11 Å². The first-order valence-electron chi connectivity index (χ1n) is 5.53. The monoisotopic (exact) mass is 307 g/mol. The van der Waals surface area contributed by atoms with Gasteiger partial charge in [0.05, 0.1) is 5.56 Å². The van der Waals surface area contributed by atoms with Crippen LogP contribution in [0.5, 0.6) is 0 Å². The standard InChI is InChI=1S/C11H11ClFNO4S/c12-7-3-8(11(15)16)10(13)9(4-7)19(17,18)14-5-6-1-2-6/h3-4,6,14H,1-2,5H2,(H,15,16). The van der Waals surface area contributed by atoms with Crippen molar-refractivity contribution in [3.8, 4) is 0 Å². The molecule has 0 saturated heterocycles. The molecule has 1 aliphatic rings. The maximum absolute atomic E-state index is 13.9. The number of carbonyl (C=O) groups is 1. The predicted molar refractivity (Wildman–Crippen MR) is 66.3 cm³/mol. The number of hydrogen-bond acceptors (Lipinski definition) is 3. The van der Waals surface area contributed by atoms with Crippen LogP contribution >= 0.6 is 11.6 Å². The molecule has 0 aromatic heterocycles. The van der Waals surface area contributed by atoms with Gasteiger partial charge >= 0.3 is 5.97 Å². The number of aromatic carboxylic acids is 1. The van der Waals surface area contributed by atoms with Gasteiger partial charge in [-0.15, -0.1) is 0 Å². The minimum Gasteiger partial charge on any atom is -0.478 e. The third kappa shape index (κ3) is 3.23. The maximum Gasteiger partial charge on any atom is 0.338 e. The van der Waals surface area contributed by atoms with Crippen LogP contribution in [0, 0.1) is 11.7 Å². The fourth-order valence-electron chi connectivity index (χ4n) is 1.54. The van der Waals surface area contributed by atoms with Crippen molar-refractivity contribution in [3.63, 3.8) is 0 Å². The molecule has 1 saturated carbocycles. The SMILES string of the molecule is O=C(O)c1cc(Cl)cc(S(=O)(=O)NCC2CC2)c1F. The lowest BCUT2D eigenvalue weighted by atomic mass is 10.2. The molecule has 0 bridgehead atoms. The van der Waals surface area contributed by atoms with Crippen molar-refractivity contribution in [3.05, 3.63) is 28.5 Å². The van der Waals surface area contributed by atoms with Crippen LogP contribution in [0.15, 0.2) is 17.0 Å². The van der Waals surface area contributed by atoms with E-state index in [1.54, 1.807) is 0 Å². The number of nitrogens with one attached hydrogen (secondary N) is 1. The Bertz CT molecular complexity index is 628. The third-order valence-electron chi connectivity index (χ3n) is 2.78. The number of hydrogen-bond donors (Lipinski definition) is 2. The van der Waals surface area contributed by atoms with Crippen LogP contribution in [0.1, 0.15) is 23.2 Å². The van der Waals surface area contributed by atoms with Crippen LogP contribution < -0.4 is 4.72 Å². The Balaban J connectivity index is 2.39. The summed E-state index contributed by atoms with van der Waals surface area (Å²) in [5.74, 6) is -2.60. The molecule has 5 nitrogen and oxygen atoms in total. The molecule has 0 amide bonds. The summed E-state index contributed by atoms with van der Waals surface area (Å²) in [5, 5.41) is 8.65. The smallest absolute Gasteiger partial charge is 0.338 e. The second-order valence-corrected chi connectivity index (χ2v) is 6.54. The molecular formula is C11H11ClFNO4S. The molecule has 0 atom stereocenters. The Kier molecular flexibility index (Phi) is 3.80. The normalized spacial score (nSPS) is 15.5. The van der Waals surface area contributed by atoms with Gasteiger partial charge in [0.25, 0.3) is 0 Å². The van der Waals surface area contributed by atoms with E-state index >= 15 is 0 Å². The summed E-state index contributed by atoms with van der Waals surface area (Å²) in [6.45, 7) is 0.219. The minimum absolute atomic E-state index is 0.148. The number of halogens is 2. The van der Waals surface area contributed by atoms with Gasteiger partial charge in [0, 0.05) is 11.6 Å². The molecule has 0 heterocycles. The summed E-state index contributed by atoms with van der Waals surface area (Å²) in [4.78, 5) is 10.1. The molecule has 0 radical (unpaired) electrons. The molecule has 2 rings (SSSR count). The van der Waals surface area contributed by atoms with E-state index in [0.29, 0.717) is 0 Å². The van der Waals surface area contributed by atoms with Crippen molar-refractivity contribution in [1.29, 1.82) is 0 Å². The van der Waals surface area contributed by atoms with Gasteiger partial charge in [-0.1, -0.05) is 11.6 Å². The van der Waals surface area contributed by atoms with E-state index in [9.17, 15) is 17.6 Å². The van der Waals surface area contributed by atoms with Crippen LogP contribution in [0.25, 0.3) is 0 Å². The van der Waals surface area contributed by atoms with Crippen molar-refractivity contribution in [2.24, 2.45) is 5.92 Å². The number of sulfonamides is 1. The highest BCUT2D eigenvalue weighted by molar-refractivity contribution is 7.89. The summed E-state index contributed by atoms with van der Waals surface area (Å²) in [7, 11) is -4.10. The molecule has 104 valence electrons. The van der Waals surface area contributed by atoms with Crippen molar-refractivity contribution >= 4 is 27.6 Å². The molecule has 1 fully saturated rings. The van der Waals surface area contributed by atoms with Crippen molar-refractivity contribution in [1.82, 2.24) is 4.72 Å². The van der Waals surface area contributed by atoms with E-state index in [-0.39, 0.29) is 17.5 Å². The molecule has 1 aromatic rings. The summed E-state index contributed by atoms with van der Waals surface area (Å²) < 4.78 is 40.0. The van der Waals surface area contributed by atoms with Gasteiger partial charge in [-0.3, -0.25) is 0 Å². The number of carboxylic acid groups (broad SMARTS) is 1. The fraction of sp³-hybridized carbons (Fsp3) is 0.364. The third-order valence-corrected chi connectivity index (χ3v) is 4.42. The molecule has 0 unspecified atom stereocenters. The van der Waals surface area contributed by atoms with Gasteiger partial charge in [-0.05, 0) is 30.9 Å². The Morgan fingerprint density at radius 2 is 2.11 bits per heavy atom. The summed E-state index contributed by atoms with van der Waals surface area (Å²) in [5.41, 5.74) is -0.765. The highest BCUT2D eigenvalue weighted by atomic mass is 35.5. The Labute approximate surface area is 114 Å². The lowest BCUT2D eigenvalue weighted by Crippen LogP contribution is -2.27. The first-order chi connectivity index (χ1) is 8.81. The maximum atomic E-state index is 13.9. The largest absolute Gasteiger partial charge is 0.478 e. The Hall–Kier alpha value is -1.18. The highest BCUT2D eigenvalue weighted by Crippen LogP contribution is 2.29. The van der Waals surface area contributed by atoms with E-state index in [2.05, 4.69) is 4.72 Å². The number of rotatable bonds is 5. The summed E-state index contributed by atoms with van der Waals surface area (Å²) >= 11 is 5.62. The molecule has 1 aromatic carbocycles. The van der Waals surface area contributed by atoms with Crippen molar-refractivity contribution < 1.29 is 22.7 Å². The molecule has 2 N–H and O–H groups in total. The number of benzene rings is 1.